The van der Waals surface area contributed by atoms with Crippen molar-refractivity contribution in [1.29, 1.82) is 0 Å². The lowest BCUT2D eigenvalue weighted by molar-refractivity contribution is -0.132. The highest BCUT2D eigenvalue weighted by molar-refractivity contribution is 5.77. The first-order valence-electron chi connectivity index (χ1n) is 8.20. The summed E-state index contributed by atoms with van der Waals surface area (Å²) in [5, 5.41) is 3.82. The Kier molecular flexibility index (Phi) is 5.08. The fourth-order valence-corrected chi connectivity index (χ4v) is 2.95. The molecule has 2 N–H and O–H groups in total. The third-order valence-corrected chi connectivity index (χ3v) is 4.41. The van der Waals surface area contributed by atoms with Crippen LogP contribution in [0.5, 0.6) is 0 Å². The molecule has 0 spiro atoms. The SMILES string of the molecule is Cc1ccc(-c2noc(CCC(=O)N3C[C@@H](F)C[C@H]3CN)n2)cc1F. The van der Waals surface area contributed by atoms with Gasteiger partial charge in [0.15, 0.2) is 0 Å². The molecule has 0 saturated carbocycles. The van der Waals surface area contributed by atoms with E-state index in [1.165, 1.54) is 11.0 Å². The van der Waals surface area contributed by atoms with E-state index in [9.17, 15) is 13.6 Å². The first kappa shape index (κ1) is 17.5. The average Bonchev–Trinajstić information content (AvgIpc) is 3.21. The Morgan fingerprint density at radius 1 is 1.48 bits per heavy atom. The standard InChI is InChI=1S/C17H20F2N4O2/c1-10-2-3-11(6-14(10)19)17-21-15(25-22-17)4-5-16(24)23-9-12(18)7-13(23)8-20/h2-3,6,12-13H,4-5,7-9,20H2,1H3/t12-,13-/m0/s1. The molecule has 0 bridgehead atoms. The lowest BCUT2D eigenvalue weighted by Crippen LogP contribution is -2.40. The first-order chi connectivity index (χ1) is 12.0. The van der Waals surface area contributed by atoms with Crippen LogP contribution in [0, 0.1) is 12.7 Å². The van der Waals surface area contributed by atoms with Gasteiger partial charge in [-0.3, -0.25) is 4.79 Å². The number of carbonyl (C=O) groups excluding carboxylic acids is 1. The minimum Gasteiger partial charge on any atom is -0.339 e. The highest BCUT2D eigenvalue weighted by Crippen LogP contribution is 2.22. The van der Waals surface area contributed by atoms with Crippen LogP contribution in [0.4, 0.5) is 8.78 Å². The summed E-state index contributed by atoms with van der Waals surface area (Å²) in [4.78, 5) is 17.9. The van der Waals surface area contributed by atoms with Crippen molar-refractivity contribution in [3.8, 4) is 11.4 Å². The quantitative estimate of drug-likeness (QED) is 0.892. The molecule has 1 saturated heterocycles. The molecule has 25 heavy (non-hydrogen) atoms. The highest BCUT2D eigenvalue weighted by atomic mass is 19.1. The fourth-order valence-electron chi connectivity index (χ4n) is 2.95. The topological polar surface area (TPSA) is 85.2 Å². The Morgan fingerprint density at radius 3 is 3.00 bits per heavy atom. The number of likely N-dealkylation sites (tertiary alicyclic amines) is 1. The van der Waals surface area contributed by atoms with E-state index in [0.717, 1.165) is 0 Å². The molecule has 1 fully saturated rings. The van der Waals surface area contributed by atoms with Crippen molar-refractivity contribution < 1.29 is 18.1 Å². The zero-order chi connectivity index (χ0) is 18.0. The smallest absolute Gasteiger partial charge is 0.227 e. The van der Waals surface area contributed by atoms with Crippen LogP contribution in [0.2, 0.25) is 0 Å². The molecule has 2 heterocycles. The van der Waals surface area contributed by atoms with E-state index in [2.05, 4.69) is 10.1 Å². The molecule has 1 aliphatic rings. The second-order valence-electron chi connectivity index (χ2n) is 6.24. The fraction of sp³-hybridized carbons (Fsp3) is 0.471. The van der Waals surface area contributed by atoms with Crippen LogP contribution in [0.15, 0.2) is 22.7 Å². The molecule has 1 aromatic heterocycles. The maximum absolute atomic E-state index is 13.6. The minimum absolute atomic E-state index is 0.0818. The molecule has 2 aromatic rings. The van der Waals surface area contributed by atoms with Crippen LogP contribution in [-0.2, 0) is 11.2 Å². The molecule has 134 valence electrons. The monoisotopic (exact) mass is 350 g/mol. The number of amides is 1. The summed E-state index contributed by atoms with van der Waals surface area (Å²) in [6.45, 7) is 2.00. The van der Waals surface area contributed by atoms with Crippen molar-refractivity contribution in [2.45, 2.75) is 38.4 Å². The maximum atomic E-state index is 13.6. The molecule has 0 aliphatic carbocycles. The summed E-state index contributed by atoms with van der Waals surface area (Å²) < 4.78 is 32.2. The van der Waals surface area contributed by atoms with E-state index < -0.39 is 6.17 Å². The second-order valence-corrected chi connectivity index (χ2v) is 6.24. The van der Waals surface area contributed by atoms with Gasteiger partial charge < -0.3 is 15.2 Å². The zero-order valence-corrected chi connectivity index (χ0v) is 13.9. The Bertz CT molecular complexity index is 765. The maximum Gasteiger partial charge on any atom is 0.227 e. The van der Waals surface area contributed by atoms with Crippen LogP contribution >= 0.6 is 0 Å². The molecular formula is C17H20F2N4O2. The summed E-state index contributed by atoms with van der Waals surface area (Å²) in [5.74, 6) is 0.0224. The molecule has 3 rings (SSSR count). The molecule has 1 aromatic carbocycles. The van der Waals surface area contributed by atoms with E-state index in [4.69, 9.17) is 10.3 Å². The number of carbonyl (C=O) groups is 1. The zero-order valence-electron chi connectivity index (χ0n) is 13.9. The molecule has 8 heteroatoms. The van der Waals surface area contributed by atoms with Crippen LogP contribution < -0.4 is 5.73 Å². The molecule has 1 aliphatic heterocycles. The number of aryl methyl sites for hydroxylation is 2. The third-order valence-electron chi connectivity index (χ3n) is 4.41. The van der Waals surface area contributed by atoms with Gasteiger partial charge in [-0.15, -0.1) is 0 Å². The second kappa shape index (κ2) is 7.26. The number of halogens is 2. The summed E-state index contributed by atoms with van der Waals surface area (Å²) in [6.07, 6.45) is -0.367. The predicted molar refractivity (Wildman–Crippen MR) is 86.8 cm³/mol. The van der Waals surface area contributed by atoms with Gasteiger partial charge >= 0.3 is 0 Å². The summed E-state index contributed by atoms with van der Waals surface area (Å²) >= 11 is 0. The molecule has 0 unspecified atom stereocenters. The number of nitrogens with two attached hydrogens (primary N) is 1. The molecular weight excluding hydrogens is 330 g/mol. The van der Waals surface area contributed by atoms with Gasteiger partial charge in [-0.1, -0.05) is 17.3 Å². The van der Waals surface area contributed by atoms with Crippen molar-refractivity contribution >= 4 is 5.91 Å². The molecule has 0 radical (unpaired) electrons. The Hall–Kier alpha value is -2.35. The van der Waals surface area contributed by atoms with E-state index >= 15 is 0 Å². The van der Waals surface area contributed by atoms with Gasteiger partial charge in [0.2, 0.25) is 17.6 Å². The van der Waals surface area contributed by atoms with E-state index in [0.29, 0.717) is 11.1 Å². The van der Waals surface area contributed by atoms with Crippen molar-refractivity contribution in [2.24, 2.45) is 5.73 Å². The van der Waals surface area contributed by atoms with E-state index in [-0.39, 0.29) is 61.8 Å². The predicted octanol–water partition coefficient (Wildman–Crippen LogP) is 2.01. The Balaban J connectivity index is 1.62. The van der Waals surface area contributed by atoms with Gasteiger partial charge in [-0.05, 0) is 18.6 Å². The summed E-state index contributed by atoms with van der Waals surface area (Å²) in [5.41, 5.74) is 6.63. The first-order valence-corrected chi connectivity index (χ1v) is 8.20. The number of nitrogens with zero attached hydrogens (tertiary/aromatic N) is 3. The van der Waals surface area contributed by atoms with Gasteiger partial charge in [0.05, 0.1) is 6.54 Å². The minimum atomic E-state index is -1.02. The Morgan fingerprint density at radius 2 is 2.28 bits per heavy atom. The van der Waals surface area contributed by atoms with E-state index in [1.54, 1.807) is 19.1 Å². The summed E-state index contributed by atoms with van der Waals surface area (Å²) in [6, 6.07) is 4.43. The number of aromatic nitrogens is 2. The van der Waals surface area contributed by atoms with E-state index in [1.807, 2.05) is 0 Å². The highest BCUT2D eigenvalue weighted by Gasteiger charge is 2.34. The van der Waals surface area contributed by atoms with Gasteiger partial charge in [0, 0.05) is 37.4 Å². The van der Waals surface area contributed by atoms with Crippen LogP contribution in [0.1, 0.15) is 24.3 Å². The normalized spacial score (nSPS) is 20.2. The molecule has 6 nitrogen and oxygen atoms in total. The number of hydrogen-bond acceptors (Lipinski definition) is 5. The van der Waals surface area contributed by atoms with Gasteiger partial charge in [0.1, 0.15) is 12.0 Å². The van der Waals surface area contributed by atoms with Gasteiger partial charge in [0.25, 0.3) is 0 Å². The number of hydrogen-bond donors (Lipinski definition) is 1. The van der Waals surface area contributed by atoms with Crippen LogP contribution in [0.25, 0.3) is 11.4 Å². The number of benzene rings is 1. The van der Waals surface area contributed by atoms with Crippen molar-refractivity contribution in [3.63, 3.8) is 0 Å². The lowest BCUT2D eigenvalue weighted by Gasteiger charge is -2.22. The molecule has 1 amide bonds. The number of rotatable bonds is 5. The number of alkyl halides is 1. The van der Waals surface area contributed by atoms with Crippen LogP contribution in [0.3, 0.4) is 0 Å². The molecule has 2 atom stereocenters. The van der Waals surface area contributed by atoms with Crippen molar-refractivity contribution in [3.05, 3.63) is 35.5 Å². The third kappa shape index (κ3) is 3.84. The van der Waals surface area contributed by atoms with Crippen LogP contribution in [-0.4, -0.2) is 46.3 Å². The van der Waals surface area contributed by atoms with Gasteiger partial charge in [-0.25, -0.2) is 8.78 Å². The van der Waals surface area contributed by atoms with Crippen molar-refractivity contribution in [2.75, 3.05) is 13.1 Å². The lowest BCUT2D eigenvalue weighted by atomic mass is 10.1. The van der Waals surface area contributed by atoms with Crippen molar-refractivity contribution in [1.82, 2.24) is 15.0 Å². The summed E-state index contributed by atoms with van der Waals surface area (Å²) in [7, 11) is 0. The Labute approximate surface area is 144 Å². The average molecular weight is 350 g/mol. The van der Waals surface area contributed by atoms with Gasteiger partial charge in [-0.2, -0.15) is 4.98 Å². The largest absolute Gasteiger partial charge is 0.339 e.